The lowest BCUT2D eigenvalue weighted by Crippen LogP contribution is -2.18. The van der Waals surface area contributed by atoms with E-state index in [4.69, 9.17) is 0 Å². The second kappa shape index (κ2) is 7.44. The zero-order valence-corrected chi connectivity index (χ0v) is 12.6. The van der Waals surface area contributed by atoms with Gasteiger partial charge in [-0.2, -0.15) is 0 Å². The predicted molar refractivity (Wildman–Crippen MR) is 83.7 cm³/mol. The molecule has 20 heavy (non-hydrogen) atoms. The summed E-state index contributed by atoms with van der Waals surface area (Å²) in [6, 6.07) is 8.40. The minimum atomic E-state index is 0.158. The Morgan fingerprint density at radius 2 is 2.05 bits per heavy atom. The van der Waals surface area contributed by atoms with Crippen LogP contribution >= 0.6 is 0 Å². The number of benzene rings is 1. The molecule has 0 heterocycles. The first-order valence-corrected chi connectivity index (χ1v) is 7.76. The second-order valence-electron chi connectivity index (χ2n) is 5.89. The van der Waals surface area contributed by atoms with Crippen LogP contribution in [0.25, 0.3) is 0 Å². The van der Waals surface area contributed by atoms with Gasteiger partial charge in [-0.25, -0.2) is 0 Å². The number of rotatable bonds is 5. The summed E-state index contributed by atoms with van der Waals surface area (Å²) in [5.41, 5.74) is 2.10. The topological polar surface area (TPSA) is 41.1 Å². The summed E-state index contributed by atoms with van der Waals surface area (Å²) in [5.74, 6) is 0.745. The standard InChI is InChI=1S/C17H26N2O/c1-13(18-2)15-9-6-10-16(12-15)19-17(20)11-14-7-4-3-5-8-14/h6,9-10,12-14,18H,3-5,7-8,11H2,1-2H3,(H,19,20). The summed E-state index contributed by atoms with van der Waals surface area (Å²) in [5, 5.41) is 6.26. The van der Waals surface area contributed by atoms with Gasteiger partial charge >= 0.3 is 0 Å². The van der Waals surface area contributed by atoms with E-state index in [2.05, 4.69) is 29.7 Å². The lowest BCUT2D eigenvalue weighted by molar-refractivity contribution is -0.117. The van der Waals surface area contributed by atoms with Crippen LogP contribution in [-0.4, -0.2) is 13.0 Å². The lowest BCUT2D eigenvalue weighted by Gasteiger charge is -2.21. The monoisotopic (exact) mass is 274 g/mol. The van der Waals surface area contributed by atoms with E-state index in [0.717, 1.165) is 5.69 Å². The summed E-state index contributed by atoms with van der Waals surface area (Å²) in [6.07, 6.45) is 7.00. The Morgan fingerprint density at radius 3 is 2.75 bits per heavy atom. The molecule has 3 heteroatoms. The largest absolute Gasteiger partial charge is 0.326 e. The molecule has 0 aliphatic heterocycles. The maximum absolute atomic E-state index is 12.1. The van der Waals surface area contributed by atoms with Crippen molar-refractivity contribution in [2.75, 3.05) is 12.4 Å². The quantitative estimate of drug-likeness (QED) is 0.855. The molecule has 0 spiro atoms. The van der Waals surface area contributed by atoms with Gasteiger partial charge in [0, 0.05) is 18.2 Å². The summed E-state index contributed by atoms with van der Waals surface area (Å²) >= 11 is 0. The van der Waals surface area contributed by atoms with Crippen LogP contribution in [0.15, 0.2) is 24.3 Å². The van der Waals surface area contributed by atoms with Gasteiger partial charge in [0.15, 0.2) is 0 Å². The van der Waals surface area contributed by atoms with E-state index < -0.39 is 0 Å². The van der Waals surface area contributed by atoms with Gasteiger partial charge in [0.1, 0.15) is 0 Å². The molecule has 1 atom stereocenters. The maximum Gasteiger partial charge on any atom is 0.224 e. The SMILES string of the molecule is CNC(C)c1cccc(NC(=O)CC2CCCCC2)c1. The van der Waals surface area contributed by atoms with Gasteiger partial charge in [0.25, 0.3) is 0 Å². The molecule has 3 nitrogen and oxygen atoms in total. The van der Waals surface area contributed by atoms with E-state index in [1.54, 1.807) is 0 Å². The van der Waals surface area contributed by atoms with Gasteiger partial charge in [0.2, 0.25) is 5.91 Å². The molecule has 0 bridgehead atoms. The van der Waals surface area contributed by atoms with Crippen molar-refractivity contribution in [3.63, 3.8) is 0 Å². The van der Waals surface area contributed by atoms with Crippen molar-refractivity contribution in [2.45, 2.75) is 51.5 Å². The minimum Gasteiger partial charge on any atom is -0.326 e. The smallest absolute Gasteiger partial charge is 0.224 e. The Morgan fingerprint density at radius 1 is 1.30 bits per heavy atom. The van der Waals surface area contributed by atoms with Crippen molar-refractivity contribution >= 4 is 11.6 Å². The Bertz CT molecular complexity index is 438. The molecule has 1 unspecified atom stereocenters. The molecule has 1 aliphatic rings. The molecule has 0 radical (unpaired) electrons. The molecule has 1 amide bonds. The number of hydrogen-bond acceptors (Lipinski definition) is 2. The van der Waals surface area contributed by atoms with Crippen molar-refractivity contribution in [3.8, 4) is 0 Å². The second-order valence-corrected chi connectivity index (χ2v) is 5.89. The van der Waals surface area contributed by atoms with Gasteiger partial charge in [0.05, 0.1) is 0 Å². The molecule has 1 aromatic carbocycles. The van der Waals surface area contributed by atoms with E-state index in [9.17, 15) is 4.79 Å². The molecular formula is C17H26N2O. The molecule has 110 valence electrons. The normalized spacial score (nSPS) is 17.7. The number of amides is 1. The predicted octanol–water partition coefficient (Wildman–Crippen LogP) is 3.88. The van der Waals surface area contributed by atoms with Crippen LogP contribution in [0.5, 0.6) is 0 Å². The Hall–Kier alpha value is -1.35. The van der Waals surface area contributed by atoms with E-state index in [1.165, 1.54) is 37.7 Å². The van der Waals surface area contributed by atoms with E-state index in [0.29, 0.717) is 18.4 Å². The van der Waals surface area contributed by atoms with E-state index >= 15 is 0 Å². The first kappa shape index (κ1) is 15.0. The summed E-state index contributed by atoms with van der Waals surface area (Å²) in [4.78, 5) is 12.1. The van der Waals surface area contributed by atoms with Crippen LogP contribution < -0.4 is 10.6 Å². The highest BCUT2D eigenvalue weighted by Crippen LogP contribution is 2.26. The summed E-state index contributed by atoms with van der Waals surface area (Å²) in [6.45, 7) is 2.11. The molecule has 1 saturated carbocycles. The number of carbonyl (C=O) groups excluding carboxylic acids is 1. The average Bonchev–Trinajstić information content (AvgIpc) is 2.47. The number of anilines is 1. The Labute approximate surface area is 122 Å². The Kier molecular flexibility index (Phi) is 5.60. The third kappa shape index (κ3) is 4.34. The molecule has 2 rings (SSSR count). The van der Waals surface area contributed by atoms with E-state index in [1.807, 2.05) is 19.2 Å². The van der Waals surface area contributed by atoms with Crippen LogP contribution in [0.1, 0.15) is 57.1 Å². The first-order chi connectivity index (χ1) is 9.69. The fourth-order valence-electron chi connectivity index (χ4n) is 2.92. The number of nitrogens with one attached hydrogen (secondary N) is 2. The summed E-state index contributed by atoms with van der Waals surface area (Å²) in [7, 11) is 1.94. The van der Waals surface area contributed by atoms with Gasteiger partial charge in [-0.1, -0.05) is 31.4 Å². The zero-order chi connectivity index (χ0) is 14.4. The van der Waals surface area contributed by atoms with Crippen molar-refractivity contribution < 1.29 is 4.79 Å². The molecule has 1 aromatic rings. The van der Waals surface area contributed by atoms with Crippen LogP contribution in [0.3, 0.4) is 0 Å². The minimum absolute atomic E-state index is 0.158. The van der Waals surface area contributed by atoms with Crippen LogP contribution in [0.2, 0.25) is 0 Å². The van der Waals surface area contributed by atoms with Gasteiger partial charge in [-0.15, -0.1) is 0 Å². The number of hydrogen-bond donors (Lipinski definition) is 2. The number of carbonyl (C=O) groups is 1. The fourth-order valence-corrected chi connectivity index (χ4v) is 2.92. The molecule has 1 aliphatic carbocycles. The van der Waals surface area contributed by atoms with Crippen molar-refractivity contribution in [2.24, 2.45) is 5.92 Å². The van der Waals surface area contributed by atoms with Gasteiger partial charge < -0.3 is 10.6 Å². The zero-order valence-electron chi connectivity index (χ0n) is 12.6. The molecule has 2 N–H and O–H groups in total. The van der Waals surface area contributed by atoms with Gasteiger partial charge in [-0.05, 0) is 50.4 Å². The fraction of sp³-hybridized carbons (Fsp3) is 0.588. The third-order valence-corrected chi connectivity index (χ3v) is 4.30. The van der Waals surface area contributed by atoms with Crippen molar-refractivity contribution in [1.29, 1.82) is 0 Å². The molecule has 1 fully saturated rings. The highest BCUT2D eigenvalue weighted by atomic mass is 16.1. The lowest BCUT2D eigenvalue weighted by atomic mass is 9.87. The van der Waals surface area contributed by atoms with Crippen molar-refractivity contribution in [1.82, 2.24) is 5.32 Å². The van der Waals surface area contributed by atoms with Crippen molar-refractivity contribution in [3.05, 3.63) is 29.8 Å². The maximum atomic E-state index is 12.1. The average molecular weight is 274 g/mol. The molecule has 0 saturated heterocycles. The van der Waals surface area contributed by atoms with Crippen LogP contribution in [-0.2, 0) is 4.79 Å². The van der Waals surface area contributed by atoms with E-state index in [-0.39, 0.29) is 5.91 Å². The highest BCUT2D eigenvalue weighted by molar-refractivity contribution is 5.90. The third-order valence-electron chi connectivity index (χ3n) is 4.30. The Balaban J connectivity index is 1.90. The molecule has 0 aromatic heterocycles. The van der Waals surface area contributed by atoms with Crippen LogP contribution in [0, 0.1) is 5.92 Å². The van der Waals surface area contributed by atoms with Crippen LogP contribution in [0.4, 0.5) is 5.69 Å². The molecular weight excluding hydrogens is 248 g/mol. The summed E-state index contributed by atoms with van der Waals surface area (Å²) < 4.78 is 0. The van der Waals surface area contributed by atoms with Gasteiger partial charge in [-0.3, -0.25) is 4.79 Å². The first-order valence-electron chi connectivity index (χ1n) is 7.76. The highest BCUT2D eigenvalue weighted by Gasteiger charge is 2.17.